The van der Waals surface area contributed by atoms with E-state index < -0.39 is 4.92 Å². The molecule has 3 aromatic carbocycles. The molecule has 0 unspecified atom stereocenters. The van der Waals surface area contributed by atoms with Gasteiger partial charge in [-0.3, -0.25) is 10.1 Å². The van der Waals surface area contributed by atoms with Gasteiger partial charge in [-0.05, 0) is 35.9 Å². The Morgan fingerprint density at radius 2 is 1.74 bits per heavy atom. The molecule has 0 radical (unpaired) electrons. The number of nitrogens with one attached hydrogen (secondary N) is 1. The highest BCUT2D eigenvalue weighted by Gasteiger charge is 2.11. The quantitative estimate of drug-likeness (QED) is 0.335. The number of benzene rings is 3. The number of hydrogen-bond acceptors (Lipinski definition) is 6. The smallest absolute Gasteiger partial charge is 0.271 e. The fourth-order valence-electron chi connectivity index (χ4n) is 2.41. The third-order valence-electron chi connectivity index (χ3n) is 3.86. The van der Waals surface area contributed by atoms with E-state index >= 15 is 0 Å². The predicted octanol–water partition coefficient (Wildman–Crippen LogP) is 5.63. The summed E-state index contributed by atoms with van der Waals surface area (Å²) in [6.45, 7) is 0.485. The minimum Gasteiger partial charge on any atom is -0.497 e. The lowest BCUT2D eigenvalue weighted by atomic mass is 10.2. The van der Waals surface area contributed by atoms with Crippen molar-refractivity contribution in [3.63, 3.8) is 0 Å². The van der Waals surface area contributed by atoms with Gasteiger partial charge in [-0.15, -0.1) is 5.11 Å². The first-order valence-corrected chi connectivity index (χ1v) is 8.28. The summed E-state index contributed by atoms with van der Waals surface area (Å²) in [5, 5.41) is 22.7. The number of azo groups is 1. The average molecular weight is 362 g/mol. The Morgan fingerprint density at radius 3 is 2.41 bits per heavy atom. The molecule has 3 aromatic rings. The molecule has 27 heavy (non-hydrogen) atoms. The lowest BCUT2D eigenvalue weighted by Gasteiger charge is -2.09. The molecular formula is C20H18N4O3. The normalized spacial score (nSPS) is 10.7. The Kier molecular flexibility index (Phi) is 5.73. The van der Waals surface area contributed by atoms with Crippen molar-refractivity contribution in [2.75, 3.05) is 12.4 Å². The lowest BCUT2D eigenvalue weighted by molar-refractivity contribution is -0.384. The molecule has 0 atom stereocenters. The van der Waals surface area contributed by atoms with E-state index in [-0.39, 0.29) is 5.69 Å². The van der Waals surface area contributed by atoms with Gasteiger partial charge in [0.25, 0.3) is 5.69 Å². The maximum absolute atomic E-state index is 11.1. The molecule has 0 saturated heterocycles. The summed E-state index contributed by atoms with van der Waals surface area (Å²) in [7, 11) is 1.61. The first-order chi connectivity index (χ1) is 13.2. The highest BCUT2D eigenvalue weighted by molar-refractivity contribution is 5.69. The molecule has 7 heteroatoms. The minimum atomic E-state index is -0.434. The van der Waals surface area contributed by atoms with Gasteiger partial charge in [0.2, 0.25) is 0 Å². The zero-order valence-corrected chi connectivity index (χ0v) is 14.7. The maximum Gasteiger partial charge on any atom is 0.271 e. The number of non-ortho nitro benzene ring substituents is 1. The largest absolute Gasteiger partial charge is 0.497 e. The Morgan fingerprint density at radius 1 is 1.00 bits per heavy atom. The van der Waals surface area contributed by atoms with Crippen molar-refractivity contribution in [1.82, 2.24) is 0 Å². The number of ether oxygens (including phenoxy) is 1. The number of nitro benzene ring substituents is 1. The number of rotatable bonds is 7. The van der Waals surface area contributed by atoms with E-state index in [0.717, 1.165) is 11.3 Å². The summed E-state index contributed by atoms with van der Waals surface area (Å²) >= 11 is 0. The average Bonchev–Trinajstić information content (AvgIpc) is 2.72. The number of hydrogen-bond donors (Lipinski definition) is 1. The van der Waals surface area contributed by atoms with Gasteiger partial charge in [-0.2, -0.15) is 5.11 Å². The number of nitrogens with zero attached hydrogens (tertiary/aromatic N) is 3. The standard InChI is InChI=1S/C20H18N4O3/c1-27-18-10-7-15(8-11-18)14-21-20-13-17(24(25)26)9-12-19(20)23-22-16-5-3-2-4-6-16/h2-13,21H,14H2,1H3. The van der Waals surface area contributed by atoms with Crippen molar-refractivity contribution < 1.29 is 9.66 Å². The van der Waals surface area contributed by atoms with Crippen molar-refractivity contribution >= 4 is 22.7 Å². The number of nitro groups is 1. The van der Waals surface area contributed by atoms with Crippen LogP contribution in [-0.2, 0) is 6.54 Å². The van der Waals surface area contributed by atoms with Crippen LogP contribution < -0.4 is 10.1 Å². The molecule has 0 fully saturated rings. The van der Waals surface area contributed by atoms with Gasteiger partial charge < -0.3 is 10.1 Å². The van der Waals surface area contributed by atoms with Crippen molar-refractivity contribution in [3.8, 4) is 5.75 Å². The topological polar surface area (TPSA) is 89.1 Å². The second-order valence-electron chi connectivity index (χ2n) is 5.70. The molecule has 3 rings (SSSR count). The zero-order valence-electron chi connectivity index (χ0n) is 14.7. The van der Waals surface area contributed by atoms with Crippen LogP contribution in [0.3, 0.4) is 0 Å². The Labute approximate surface area is 156 Å². The van der Waals surface area contributed by atoms with Crippen molar-refractivity contribution in [2.24, 2.45) is 10.2 Å². The number of anilines is 1. The van der Waals surface area contributed by atoms with E-state index in [2.05, 4.69) is 15.5 Å². The first kappa shape index (κ1) is 18.1. The van der Waals surface area contributed by atoms with E-state index in [0.29, 0.717) is 23.6 Å². The van der Waals surface area contributed by atoms with E-state index in [1.807, 2.05) is 54.6 Å². The summed E-state index contributed by atoms with van der Waals surface area (Å²) in [6.07, 6.45) is 0. The molecule has 0 bridgehead atoms. The van der Waals surface area contributed by atoms with Gasteiger partial charge in [0.1, 0.15) is 11.4 Å². The maximum atomic E-state index is 11.1. The third-order valence-corrected chi connectivity index (χ3v) is 3.86. The van der Waals surface area contributed by atoms with Gasteiger partial charge in [0.05, 0.1) is 23.4 Å². The lowest BCUT2D eigenvalue weighted by Crippen LogP contribution is -2.00. The first-order valence-electron chi connectivity index (χ1n) is 8.28. The molecule has 0 saturated carbocycles. The third kappa shape index (κ3) is 4.88. The molecule has 0 aliphatic rings. The van der Waals surface area contributed by atoms with Crippen molar-refractivity contribution in [1.29, 1.82) is 0 Å². The van der Waals surface area contributed by atoms with E-state index in [1.165, 1.54) is 12.1 Å². The van der Waals surface area contributed by atoms with E-state index in [1.54, 1.807) is 13.2 Å². The van der Waals surface area contributed by atoms with Gasteiger partial charge in [-0.25, -0.2) is 0 Å². The molecule has 7 nitrogen and oxygen atoms in total. The zero-order chi connectivity index (χ0) is 19.1. The predicted molar refractivity (Wildman–Crippen MR) is 104 cm³/mol. The number of methoxy groups -OCH3 is 1. The van der Waals surface area contributed by atoms with Gasteiger partial charge in [-0.1, -0.05) is 30.3 Å². The highest BCUT2D eigenvalue weighted by atomic mass is 16.6. The summed E-state index contributed by atoms with van der Waals surface area (Å²) in [4.78, 5) is 10.7. The molecule has 136 valence electrons. The second kappa shape index (κ2) is 8.57. The Balaban J connectivity index is 1.82. The summed E-state index contributed by atoms with van der Waals surface area (Å²) in [6, 6.07) is 21.3. The summed E-state index contributed by atoms with van der Waals surface area (Å²) in [5.41, 5.74) is 2.77. The minimum absolute atomic E-state index is 0.00843. The molecular weight excluding hydrogens is 344 g/mol. The van der Waals surface area contributed by atoms with Crippen LogP contribution in [0.1, 0.15) is 5.56 Å². The molecule has 0 spiro atoms. The molecule has 0 amide bonds. The van der Waals surface area contributed by atoms with E-state index in [4.69, 9.17) is 4.74 Å². The van der Waals surface area contributed by atoms with Crippen molar-refractivity contribution in [3.05, 3.63) is 88.5 Å². The molecule has 0 aliphatic carbocycles. The van der Waals surface area contributed by atoms with E-state index in [9.17, 15) is 10.1 Å². The second-order valence-corrected chi connectivity index (χ2v) is 5.70. The molecule has 0 aliphatic heterocycles. The SMILES string of the molecule is COc1ccc(CNc2cc([N+](=O)[O-])ccc2N=Nc2ccccc2)cc1. The summed E-state index contributed by atoms with van der Waals surface area (Å²) in [5.74, 6) is 0.770. The van der Waals surface area contributed by atoms with Gasteiger partial charge in [0.15, 0.2) is 0 Å². The van der Waals surface area contributed by atoms with Gasteiger partial charge >= 0.3 is 0 Å². The van der Waals surface area contributed by atoms with Crippen LogP contribution in [0, 0.1) is 10.1 Å². The van der Waals surface area contributed by atoms with Crippen LogP contribution in [0.4, 0.5) is 22.7 Å². The highest BCUT2D eigenvalue weighted by Crippen LogP contribution is 2.31. The Hall–Kier alpha value is -3.74. The molecule has 0 heterocycles. The molecule has 1 N–H and O–H groups in total. The fourth-order valence-corrected chi connectivity index (χ4v) is 2.41. The van der Waals surface area contributed by atoms with Crippen LogP contribution in [0.25, 0.3) is 0 Å². The van der Waals surface area contributed by atoms with Crippen LogP contribution in [0.5, 0.6) is 5.75 Å². The Bertz CT molecular complexity index is 941. The van der Waals surface area contributed by atoms with Crippen molar-refractivity contribution in [2.45, 2.75) is 6.54 Å². The summed E-state index contributed by atoms with van der Waals surface area (Å²) < 4.78 is 5.14. The van der Waals surface area contributed by atoms with Gasteiger partial charge in [0, 0.05) is 18.7 Å². The van der Waals surface area contributed by atoms with Crippen LogP contribution >= 0.6 is 0 Å². The monoisotopic (exact) mass is 362 g/mol. The molecule has 0 aromatic heterocycles. The van der Waals surface area contributed by atoms with Crippen LogP contribution in [0.2, 0.25) is 0 Å². The fraction of sp³-hybridized carbons (Fsp3) is 0.100. The van der Waals surface area contributed by atoms with Crippen LogP contribution in [0.15, 0.2) is 83.0 Å². The van der Waals surface area contributed by atoms with Crippen LogP contribution in [-0.4, -0.2) is 12.0 Å².